The third kappa shape index (κ3) is 6.23. The maximum Gasteiger partial charge on any atom is 0.224 e. The second-order valence-electron chi connectivity index (χ2n) is 7.76. The number of hydrogen-bond donors (Lipinski definition) is 1. The molecule has 28 heavy (non-hydrogen) atoms. The highest BCUT2D eigenvalue weighted by atomic mass is 35.5. The van der Waals surface area contributed by atoms with Crippen molar-refractivity contribution in [3.8, 4) is 0 Å². The van der Waals surface area contributed by atoms with Gasteiger partial charge >= 0.3 is 0 Å². The van der Waals surface area contributed by atoms with Crippen molar-refractivity contribution in [1.29, 1.82) is 0 Å². The van der Waals surface area contributed by atoms with E-state index in [1.54, 1.807) is 0 Å². The number of piperidine rings is 1. The number of hydrogen-bond acceptors (Lipinski definition) is 2. The molecule has 1 fully saturated rings. The molecule has 1 aliphatic heterocycles. The molecular formula is C23H28Cl2N2O. The number of aryl methyl sites for hydroxylation is 1. The van der Waals surface area contributed by atoms with Crippen LogP contribution < -0.4 is 5.32 Å². The molecule has 5 heteroatoms. The van der Waals surface area contributed by atoms with Crippen molar-refractivity contribution in [3.05, 3.63) is 69.7 Å². The second-order valence-corrected chi connectivity index (χ2v) is 8.57. The Morgan fingerprint density at radius 1 is 1.14 bits per heavy atom. The number of benzene rings is 2. The van der Waals surface area contributed by atoms with Gasteiger partial charge in [0.25, 0.3) is 0 Å². The minimum Gasteiger partial charge on any atom is -0.353 e. The van der Waals surface area contributed by atoms with E-state index >= 15 is 0 Å². The van der Waals surface area contributed by atoms with Gasteiger partial charge in [-0.1, -0.05) is 59.6 Å². The summed E-state index contributed by atoms with van der Waals surface area (Å²) >= 11 is 12.1. The molecule has 3 nitrogen and oxygen atoms in total. The van der Waals surface area contributed by atoms with Crippen LogP contribution in [-0.4, -0.2) is 29.9 Å². The number of carbonyl (C=O) groups is 1. The van der Waals surface area contributed by atoms with E-state index < -0.39 is 0 Å². The first-order chi connectivity index (χ1) is 13.5. The lowest BCUT2D eigenvalue weighted by atomic mass is 9.96. The fourth-order valence-corrected chi connectivity index (χ4v) is 4.09. The standard InChI is InChI=1S/C23H28Cl2N2O/c1-17(9-10-18-6-3-2-4-7-18)26-23(28)20-8-5-13-27(16-20)15-19-11-12-21(24)22(25)14-19/h2-4,6-7,11-12,14,17,20H,5,8-10,13,15-16H2,1H3,(H,26,28). The van der Waals surface area contributed by atoms with Gasteiger partial charge < -0.3 is 5.32 Å². The van der Waals surface area contributed by atoms with E-state index in [9.17, 15) is 4.79 Å². The summed E-state index contributed by atoms with van der Waals surface area (Å²) in [5.74, 6) is 0.232. The SMILES string of the molecule is CC(CCc1ccccc1)NC(=O)C1CCCN(Cc2ccc(Cl)c(Cl)c2)C1. The van der Waals surface area contributed by atoms with Crippen LogP contribution in [0.3, 0.4) is 0 Å². The van der Waals surface area contributed by atoms with Gasteiger partial charge in [-0.05, 0) is 62.4 Å². The number of rotatable bonds is 7. The number of nitrogens with zero attached hydrogens (tertiary/aromatic N) is 1. The van der Waals surface area contributed by atoms with E-state index in [1.807, 2.05) is 24.3 Å². The first kappa shape index (κ1) is 21.2. The molecule has 1 amide bonds. The minimum absolute atomic E-state index is 0.0516. The topological polar surface area (TPSA) is 32.3 Å². The van der Waals surface area contributed by atoms with Crippen LogP contribution in [0.5, 0.6) is 0 Å². The second kappa shape index (κ2) is 10.3. The molecule has 0 saturated carbocycles. The van der Waals surface area contributed by atoms with Gasteiger partial charge in [0.1, 0.15) is 0 Å². The van der Waals surface area contributed by atoms with Gasteiger partial charge in [-0.3, -0.25) is 9.69 Å². The Balaban J connectivity index is 1.47. The molecule has 0 aliphatic carbocycles. The summed E-state index contributed by atoms with van der Waals surface area (Å²) in [5.41, 5.74) is 2.45. The summed E-state index contributed by atoms with van der Waals surface area (Å²) in [5, 5.41) is 4.37. The highest BCUT2D eigenvalue weighted by Gasteiger charge is 2.26. The summed E-state index contributed by atoms with van der Waals surface area (Å²) < 4.78 is 0. The first-order valence-corrected chi connectivity index (χ1v) is 10.8. The maximum absolute atomic E-state index is 12.7. The van der Waals surface area contributed by atoms with Crippen molar-refractivity contribution in [2.45, 2.75) is 45.2 Å². The van der Waals surface area contributed by atoms with E-state index in [0.29, 0.717) is 10.0 Å². The van der Waals surface area contributed by atoms with Gasteiger partial charge in [0.15, 0.2) is 0 Å². The van der Waals surface area contributed by atoms with Crippen molar-refractivity contribution in [3.63, 3.8) is 0 Å². The van der Waals surface area contributed by atoms with Crippen molar-refractivity contribution in [1.82, 2.24) is 10.2 Å². The van der Waals surface area contributed by atoms with E-state index in [0.717, 1.165) is 50.9 Å². The lowest BCUT2D eigenvalue weighted by Gasteiger charge is -2.32. The Morgan fingerprint density at radius 3 is 2.68 bits per heavy atom. The Labute approximate surface area is 178 Å². The maximum atomic E-state index is 12.7. The van der Waals surface area contributed by atoms with E-state index in [1.165, 1.54) is 5.56 Å². The predicted molar refractivity (Wildman–Crippen MR) is 117 cm³/mol. The van der Waals surface area contributed by atoms with Crippen molar-refractivity contribution < 1.29 is 4.79 Å². The minimum atomic E-state index is 0.0516. The molecular weight excluding hydrogens is 391 g/mol. The smallest absolute Gasteiger partial charge is 0.224 e. The highest BCUT2D eigenvalue weighted by molar-refractivity contribution is 6.42. The molecule has 2 aromatic rings. The number of nitrogens with one attached hydrogen (secondary N) is 1. The average molecular weight is 419 g/mol. The lowest BCUT2D eigenvalue weighted by molar-refractivity contribution is -0.127. The molecule has 3 rings (SSSR count). The van der Waals surface area contributed by atoms with E-state index in [4.69, 9.17) is 23.2 Å². The van der Waals surface area contributed by atoms with Gasteiger partial charge in [-0.25, -0.2) is 0 Å². The fourth-order valence-electron chi connectivity index (χ4n) is 3.77. The van der Waals surface area contributed by atoms with Gasteiger partial charge in [0.2, 0.25) is 5.91 Å². The van der Waals surface area contributed by atoms with Crippen LogP contribution >= 0.6 is 23.2 Å². The molecule has 1 N–H and O–H groups in total. The molecule has 2 atom stereocenters. The summed E-state index contributed by atoms with van der Waals surface area (Å²) in [6.45, 7) is 4.69. The fraction of sp³-hybridized carbons (Fsp3) is 0.435. The molecule has 2 aromatic carbocycles. The van der Waals surface area contributed by atoms with Crippen LogP contribution in [0.25, 0.3) is 0 Å². The summed E-state index contributed by atoms with van der Waals surface area (Å²) in [6.07, 6.45) is 3.93. The Kier molecular flexibility index (Phi) is 7.78. The molecule has 0 spiro atoms. The predicted octanol–water partition coefficient (Wildman–Crippen LogP) is 5.34. The average Bonchev–Trinajstić information content (AvgIpc) is 2.70. The molecule has 1 aliphatic rings. The molecule has 2 unspecified atom stereocenters. The van der Waals surface area contributed by atoms with Gasteiger partial charge in [0, 0.05) is 19.1 Å². The Hall–Kier alpha value is -1.55. The number of carbonyl (C=O) groups excluding carboxylic acids is 1. The third-order valence-corrected chi connectivity index (χ3v) is 6.10. The largest absolute Gasteiger partial charge is 0.353 e. The molecule has 1 saturated heterocycles. The molecule has 1 heterocycles. The van der Waals surface area contributed by atoms with Crippen molar-refractivity contribution in [2.24, 2.45) is 5.92 Å². The molecule has 150 valence electrons. The monoisotopic (exact) mass is 418 g/mol. The zero-order valence-electron chi connectivity index (χ0n) is 16.3. The Morgan fingerprint density at radius 2 is 1.93 bits per heavy atom. The summed E-state index contributed by atoms with van der Waals surface area (Å²) in [6, 6.07) is 16.4. The van der Waals surface area contributed by atoms with Crippen LogP contribution in [0.1, 0.15) is 37.3 Å². The number of likely N-dealkylation sites (tertiary alicyclic amines) is 1. The van der Waals surface area contributed by atoms with Crippen molar-refractivity contribution in [2.75, 3.05) is 13.1 Å². The first-order valence-electron chi connectivity index (χ1n) is 10.0. The lowest BCUT2D eigenvalue weighted by Crippen LogP contribution is -2.45. The highest BCUT2D eigenvalue weighted by Crippen LogP contribution is 2.25. The number of halogens is 2. The zero-order valence-corrected chi connectivity index (χ0v) is 17.8. The summed E-state index contributed by atoms with van der Waals surface area (Å²) in [4.78, 5) is 15.1. The number of amides is 1. The third-order valence-electron chi connectivity index (χ3n) is 5.36. The Bertz CT molecular complexity index is 781. The van der Waals surface area contributed by atoms with Crippen LogP contribution in [0.2, 0.25) is 10.0 Å². The van der Waals surface area contributed by atoms with Gasteiger partial charge in [-0.15, -0.1) is 0 Å². The zero-order chi connectivity index (χ0) is 19.9. The van der Waals surface area contributed by atoms with E-state index in [-0.39, 0.29) is 17.9 Å². The normalized spacial score (nSPS) is 18.6. The van der Waals surface area contributed by atoms with Gasteiger partial charge in [0.05, 0.1) is 16.0 Å². The van der Waals surface area contributed by atoms with Crippen LogP contribution in [-0.2, 0) is 17.8 Å². The quantitative estimate of drug-likeness (QED) is 0.657. The molecule has 0 aromatic heterocycles. The van der Waals surface area contributed by atoms with Gasteiger partial charge in [-0.2, -0.15) is 0 Å². The molecule has 0 radical (unpaired) electrons. The van der Waals surface area contributed by atoms with Crippen LogP contribution in [0.4, 0.5) is 0 Å². The summed E-state index contributed by atoms with van der Waals surface area (Å²) in [7, 11) is 0. The van der Waals surface area contributed by atoms with Crippen LogP contribution in [0.15, 0.2) is 48.5 Å². The van der Waals surface area contributed by atoms with E-state index in [2.05, 4.69) is 41.4 Å². The van der Waals surface area contributed by atoms with Crippen molar-refractivity contribution >= 4 is 29.1 Å². The molecule has 0 bridgehead atoms. The van der Waals surface area contributed by atoms with Crippen LogP contribution in [0, 0.1) is 5.92 Å².